The van der Waals surface area contributed by atoms with Crippen LogP contribution in [0.4, 0.5) is 4.79 Å². The number of carbonyl (C=O) groups is 2. The van der Waals surface area contributed by atoms with Gasteiger partial charge in [-0.25, -0.2) is 4.79 Å². The Hall–Kier alpha value is -3.49. The van der Waals surface area contributed by atoms with Crippen LogP contribution >= 0.6 is 11.8 Å². The van der Waals surface area contributed by atoms with Gasteiger partial charge < -0.3 is 10.4 Å². The fourth-order valence-electron chi connectivity index (χ4n) is 3.86. The summed E-state index contributed by atoms with van der Waals surface area (Å²) in [4.78, 5) is 26.1. The maximum atomic E-state index is 12.6. The highest BCUT2D eigenvalue weighted by Crippen LogP contribution is 2.28. The number of nitrogens with one attached hydrogen (secondary N) is 1. The molecule has 1 unspecified atom stereocenters. The monoisotopic (exact) mass is 448 g/mol. The molecule has 1 fully saturated rings. The number of carboxylic acid groups (broad SMARTS) is 1. The van der Waals surface area contributed by atoms with Crippen LogP contribution in [-0.4, -0.2) is 46.9 Å². The van der Waals surface area contributed by atoms with Crippen LogP contribution < -0.4 is 5.32 Å². The molecule has 164 valence electrons. The van der Waals surface area contributed by atoms with E-state index < -0.39 is 24.1 Å². The van der Waals surface area contributed by atoms with Crippen molar-refractivity contribution in [1.82, 2.24) is 10.2 Å². The molecule has 8 heteroatoms. The molecule has 2 atom stereocenters. The van der Waals surface area contributed by atoms with Gasteiger partial charge in [-0.1, -0.05) is 30.3 Å². The summed E-state index contributed by atoms with van der Waals surface area (Å²) in [7, 11) is 0. The van der Waals surface area contributed by atoms with E-state index in [1.165, 1.54) is 11.8 Å². The summed E-state index contributed by atoms with van der Waals surface area (Å²) in [6.45, 7) is 0.333. The molecular formula is C24H24N4O3S. The third kappa shape index (κ3) is 5.40. The van der Waals surface area contributed by atoms with Crippen molar-refractivity contribution in [3.8, 4) is 23.3 Å². The maximum absolute atomic E-state index is 12.6. The topological polar surface area (TPSA) is 117 Å². The summed E-state index contributed by atoms with van der Waals surface area (Å²) in [5.41, 5.74) is 3.52. The van der Waals surface area contributed by atoms with Gasteiger partial charge in [0.15, 0.2) is 0 Å². The minimum absolute atomic E-state index is 0.325. The van der Waals surface area contributed by atoms with Crippen molar-refractivity contribution < 1.29 is 14.7 Å². The molecule has 2 amide bonds. The first-order valence-electron chi connectivity index (χ1n) is 10.3. The number of hydrogen-bond donors (Lipinski definition) is 2. The van der Waals surface area contributed by atoms with Gasteiger partial charge >= 0.3 is 6.09 Å². The number of carbonyl (C=O) groups excluding carboxylic acids is 1. The van der Waals surface area contributed by atoms with Gasteiger partial charge in [0.05, 0.1) is 11.6 Å². The van der Waals surface area contributed by atoms with Gasteiger partial charge in [0, 0.05) is 17.9 Å². The molecule has 1 aliphatic heterocycles. The molecule has 0 aromatic heterocycles. The quantitative estimate of drug-likeness (QED) is 0.644. The normalized spacial score (nSPS) is 16.5. The number of rotatable bonds is 6. The first kappa shape index (κ1) is 23.2. The van der Waals surface area contributed by atoms with Gasteiger partial charge in [-0.2, -0.15) is 10.5 Å². The lowest BCUT2D eigenvalue weighted by Crippen LogP contribution is -2.53. The van der Waals surface area contributed by atoms with Crippen molar-refractivity contribution in [2.24, 2.45) is 0 Å². The van der Waals surface area contributed by atoms with Gasteiger partial charge in [0.1, 0.15) is 18.2 Å². The summed E-state index contributed by atoms with van der Waals surface area (Å²) in [6.07, 6.45) is 3.14. The third-order valence-electron chi connectivity index (χ3n) is 5.57. The maximum Gasteiger partial charge on any atom is 0.407 e. The first-order chi connectivity index (χ1) is 15.5. The zero-order valence-corrected chi connectivity index (χ0v) is 18.6. The molecule has 0 bridgehead atoms. The fraction of sp³-hybridized carbons (Fsp3) is 0.333. The summed E-state index contributed by atoms with van der Waals surface area (Å²) in [6, 6.07) is 16.2. The van der Waals surface area contributed by atoms with E-state index in [9.17, 15) is 25.2 Å². The highest BCUT2D eigenvalue weighted by molar-refractivity contribution is 7.98. The molecule has 3 rings (SSSR count). The summed E-state index contributed by atoms with van der Waals surface area (Å²) in [5.74, 6) is -0.419. The number of thioether (sulfide) groups is 1. The Bertz CT molecular complexity index is 1070. The van der Waals surface area contributed by atoms with E-state index >= 15 is 0 Å². The standard InChI is InChI=1S/C24H24N4O3S/c1-32-22-13-18(9-10-19(22)14-25)17-7-5-16(6-8-17)12-20(15-26)27-23(29)21-4-2-3-11-28(21)24(30)31/h5-10,13,20-21H,2-4,11-12H2,1H3,(H,27,29)(H,30,31)/t20-,21?/m0/s1. The van der Waals surface area contributed by atoms with E-state index in [2.05, 4.69) is 17.5 Å². The number of piperidine rings is 1. The molecule has 2 aromatic carbocycles. The Morgan fingerprint density at radius 3 is 2.53 bits per heavy atom. The second-order valence-electron chi connectivity index (χ2n) is 7.61. The van der Waals surface area contributed by atoms with E-state index in [1.54, 1.807) is 0 Å². The lowest BCUT2D eigenvalue weighted by Gasteiger charge is -2.32. The largest absolute Gasteiger partial charge is 0.465 e. The smallest absolute Gasteiger partial charge is 0.407 e. The molecule has 0 spiro atoms. The van der Waals surface area contributed by atoms with E-state index in [-0.39, 0.29) is 0 Å². The van der Waals surface area contributed by atoms with Crippen LogP contribution in [0.5, 0.6) is 0 Å². The van der Waals surface area contributed by atoms with E-state index in [0.29, 0.717) is 24.9 Å². The molecule has 0 radical (unpaired) electrons. The van der Waals surface area contributed by atoms with Crippen LogP contribution in [0.2, 0.25) is 0 Å². The van der Waals surface area contributed by atoms with Crippen LogP contribution in [-0.2, 0) is 11.2 Å². The van der Waals surface area contributed by atoms with Gasteiger partial charge in [-0.3, -0.25) is 9.69 Å². The average molecular weight is 449 g/mol. The van der Waals surface area contributed by atoms with Gasteiger partial charge in [-0.05, 0) is 54.3 Å². The molecule has 7 nitrogen and oxygen atoms in total. The van der Waals surface area contributed by atoms with Crippen LogP contribution in [0.1, 0.15) is 30.4 Å². The number of benzene rings is 2. The number of amides is 2. The van der Waals surface area contributed by atoms with Gasteiger partial charge in [0.2, 0.25) is 5.91 Å². The molecule has 2 aromatic rings. The molecule has 1 heterocycles. The van der Waals surface area contributed by atoms with Crippen molar-refractivity contribution in [1.29, 1.82) is 10.5 Å². The Labute approximate surface area is 191 Å². The number of likely N-dealkylation sites (tertiary alicyclic amines) is 1. The van der Waals surface area contributed by atoms with Crippen LogP contribution in [0.3, 0.4) is 0 Å². The van der Waals surface area contributed by atoms with Crippen molar-refractivity contribution >= 4 is 23.8 Å². The van der Waals surface area contributed by atoms with Crippen LogP contribution in [0.25, 0.3) is 11.1 Å². The molecular weight excluding hydrogens is 424 g/mol. The zero-order chi connectivity index (χ0) is 23.1. The summed E-state index contributed by atoms with van der Waals surface area (Å²) in [5, 5.41) is 30.8. The highest BCUT2D eigenvalue weighted by Gasteiger charge is 2.32. The molecule has 0 aliphatic carbocycles. The lowest BCUT2D eigenvalue weighted by atomic mass is 9.99. The Kier molecular flexibility index (Phi) is 7.75. The fourth-order valence-corrected chi connectivity index (χ4v) is 4.44. The van der Waals surface area contributed by atoms with E-state index in [1.807, 2.05) is 48.7 Å². The van der Waals surface area contributed by atoms with Crippen LogP contribution in [0, 0.1) is 22.7 Å². The third-order valence-corrected chi connectivity index (χ3v) is 6.35. The predicted octanol–water partition coefficient (Wildman–Crippen LogP) is 4.03. The van der Waals surface area contributed by atoms with E-state index in [0.717, 1.165) is 39.3 Å². The van der Waals surface area contributed by atoms with Crippen molar-refractivity contribution in [3.05, 3.63) is 53.6 Å². The molecule has 2 N–H and O–H groups in total. The number of hydrogen-bond acceptors (Lipinski definition) is 5. The summed E-state index contributed by atoms with van der Waals surface area (Å²) >= 11 is 1.52. The Morgan fingerprint density at radius 2 is 1.91 bits per heavy atom. The Balaban J connectivity index is 1.67. The number of nitrogens with zero attached hydrogens (tertiary/aromatic N) is 3. The minimum atomic E-state index is -1.11. The number of nitriles is 2. The molecule has 1 aliphatic rings. The Morgan fingerprint density at radius 1 is 1.19 bits per heavy atom. The lowest BCUT2D eigenvalue weighted by molar-refractivity contribution is -0.127. The van der Waals surface area contributed by atoms with Gasteiger partial charge in [-0.15, -0.1) is 11.8 Å². The molecule has 0 saturated carbocycles. The first-order valence-corrected chi connectivity index (χ1v) is 11.6. The van der Waals surface area contributed by atoms with Crippen molar-refractivity contribution in [2.75, 3.05) is 12.8 Å². The average Bonchev–Trinajstić information content (AvgIpc) is 2.83. The van der Waals surface area contributed by atoms with E-state index in [4.69, 9.17) is 0 Å². The second kappa shape index (κ2) is 10.7. The van der Waals surface area contributed by atoms with Gasteiger partial charge in [0.25, 0.3) is 0 Å². The van der Waals surface area contributed by atoms with Crippen molar-refractivity contribution in [2.45, 2.75) is 42.7 Å². The summed E-state index contributed by atoms with van der Waals surface area (Å²) < 4.78 is 0. The zero-order valence-electron chi connectivity index (χ0n) is 17.7. The van der Waals surface area contributed by atoms with Crippen molar-refractivity contribution in [3.63, 3.8) is 0 Å². The second-order valence-corrected chi connectivity index (χ2v) is 8.45. The predicted molar refractivity (Wildman–Crippen MR) is 122 cm³/mol. The van der Waals surface area contributed by atoms with Crippen LogP contribution in [0.15, 0.2) is 47.4 Å². The minimum Gasteiger partial charge on any atom is -0.465 e. The highest BCUT2D eigenvalue weighted by atomic mass is 32.2. The molecule has 1 saturated heterocycles. The molecule has 32 heavy (non-hydrogen) atoms. The SMILES string of the molecule is CSc1cc(-c2ccc(C[C@@H](C#N)NC(=O)C3CCCCN3C(=O)O)cc2)ccc1C#N.